The molecule has 0 aliphatic carbocycles. The first-order chi connectivity index (χ1) is 8.26. The highest BCUT2D eigenvalue weighted by molar-refractivity contribution is 7.89. The Labute approximate surface area is 109 Å². The maximum atomic E-state index is 12.4. The van der Waals surface area contributed by atoms with Gasteiger partial charge in [0.1, 0.15) is 0 Å². The molecule has 2 atom stereocenters. The average Bonchev–Trinajstić information content (AvgIpc) is 2.28. The van der Waals surface area contributed by atoms with Gasteiger partial charge >= 0.3 is 0 Å². The van der Waals surface area contributed by atoms with E-state index in [9.17, 15) is 13.5 Å². The third kappa shape index (κ3) is 3.42. The number of nitrogens with zero attached hydrogens (tertiary/aromatic N) is 1. The molecule has 6 nitrogen and oxygen atoms in total. The van der Waals surface area contributed by atoms with E-state index in [0.717, 1.165) is 0 Å². The van der Waals surface area contributed by atoms with E-state index in [1.54, 1.807) is 0 Å². The van der Waals surface area contributed by atoms with Crippen molar-refractivity contribution in [3.63, 3.8) is 0 Å². The van der Waals surface area contributed by atoms with Gasteiger partial charge in [0.25, 0.3) is 0 Å². The topological polar surface area (TPSA) is 92.9 Å². The van der Waals surface area contributed by atoms with Crippen LogP contribution in [0.2, 0.25) is 0 Å². The predicted octanol–water partition coefficient (Wildman–Crippen LogP) is -0.475. The van der Waals surface area contributed by atoms with E-state index in [-0.39, 0.29) is 19.7 Å². The smallest absolute Gasteiger partial charge is 0.218 e. The molecule has 18 heavy (non-hydrogen) atoms. The monoisotopic (exact) mass is 280 g/mol. The number of nitrogens with two attached hydrogens (primary N) is 1. The Morgan fingerprint density at radius 1 is 1.56 bits per heavy atom. The Bertz CT molecular complexity index is 365. The normalized spacial score (nSPS) is 27.1. The first-order valence-corrected chi connectivity index (χ1v) is 7.75. The summed E-state index contributed by atoms with van der Waals surface area (Å²) in [4.78, 5) is 0. The van der Waals surface area contributed by atoms with Crippen LogP contribution in [-0.2, 0) is 14.8 Å². The highest BCUT2D eigenvalue weighted by Crippen LogP contribution is 2.25. The summed E-state index contributed by atoms with van der Waals surface area (Å²) in [5.41, 5.74) is 4.93. The van der Waals surface area contributed by atoms with Crippen molar-refractivity contribution < 1.29 is 18.3 Å². The molecule has 1 aliphatic rings. The molecule has 7 heteroatoms. The van der Waals surface area contributed by atoms with Crippen LogP contribution in [0.15, 0.2) is 0 Å². The van der Waals surface area contributed by atoms with Crippen LogP contribution >= 0.6 is 0 Å². The molecule has 1 saturated heterocycles. The number of morpholine rings is 1. The molecule has 1 rings (SSSR count). The quantitative estimate of drug-likeness (QED) is 0.710. The van der Waals surface area contributed by atoms with E-state index in [2.05, 4.69) is 0 Å². The van der Waals surface area contributed by atoms with E-state index in [4.69, 9.17) is 10.5 Å². The fraction of sp³-hybridized carbons (Fsp3) is 1.00. The summed E-state index contributed by atoms with van der Waals surface area (Å²) in [6.45, 7) is 5.86. The van der Waals surface area contributed by atoms with E-state index in [1.807, 2.05) is 20.8 Å². The number of hydrogen-bond acceptors (Lipinski definition) is 5. The van der Waals surface area contributed by atoms with Crippen molar-refractivity contribution in [2.24, 2.45) is 5.73 Å². The molecule has 108 valence electrons. The summed E-state index contributed by atoms with van der Waals surface area (Å²) in [5.74, 6) is 0. The van der Waals surface area contributed by atoms with Gasteiger partial charge in [-0.3, -0.25) is 0 Å². The van der Waals surface area contributed by atoms with E-state index in [1.165, 1.54) is 4.31 Å². The summed E-state index contributed by atoms with van der Waals surface area (Å²) in [5, 5.41) is 8.62. The van der Waals surface area contributed by atoms with Gasteiger partial charge in [-0.15, -0.1) is 0 Å². The summed E-state index contributed by atoms with van der Waals surface area (Å²) in [6.07, 6.45) is 0.0132. The second-order valence-electron chi connectivity index (χ2n) is 5.29. The van der Waals surface area contributed by atoms with Gasteiger partial charge in [-0.1, -0.05) is 6.92 Å². The fourth-order valence-electron chi connectivity index (χ4n) is 2.24. The minimum atomic E-state index is -3.42. The Kier molecular flexibility index (Phi) is 5.13. The Morgan fingerprint density at radius 3 is 2.61 bits per heavy atom. The molecule has 2 unspecified atom stereocenters. The van der Waals surface area contributed by atoms with Crippen molar-refractivity contribution in [3.8, 4) is 0 Å². The second-order valence-corrected chi connectivity index (χ2v) is 7.50. The lowest BCUT2D eigenvalue weighted by atomic mass is 10.1. The number of aliphatic hydroxyl groups is 1. The van der Waals surface area contributed by atoms with Gasteiger partial charge in [0.2, 0.25) is 10.0 Å². The Hall–Kier alpha value is -0.210. The molecule has 0 radical (unpaired) electrons. The lowest BCUT2D eigenvalue weighted by Gasteiger charge is -2.42. The molecule has 1 fully saturated rings. The SMILES string of the molecule is CCC(CN)S(=O)(=O)N1CC(CO)OC(C)(C)C1. The number of sulfonamides is 1. The lowest BCUT2D eigenvalue weighted by molar-refractivity contribution is -0.131. The third-order valence-electron chi connectivity index (χ3n) is 3.15. The molecule has 0 aromatic carbocycles. The minimum absolute atomic E-state index is 0.112. The molecule has 3 N–H and O–H groups in total. The van der Waals surface area contributed by atoms with Crippen LogP contribution in [0.1, 0.15) is 27.2 Å². The van der Waals surface area contributed by atoms with Crippen LogP contribution in [0.25, 0.3) is 0 Å². The number of rotatable bonds is 5. The Morgan fingerprint density at radius 2 is 2.17 bits per heavy atom. The standard InChI is InChI=1S/C11H24N2O4S/c1-4-10(5-12)18(15,16)13-6-9(7-14)17-11(2,3)8-13/h9-10,14H,4-8,12H2,1-3H3. The predicted molar refractivity (Wildman–Crippen MR) is 69.7 cm³/mol. The minimum Gasteiger partial charge on any atom is -0.394 e. The fourth-order valence-corrected chi connectivity index (χ4v) is 4.19. The van der Waals surface area contributed by atoms with Gasteiger partial charge in [0.05, 0.1) is 23.6 Å². The van der Waals surface area contributed by atoms with Gasteiger partial charge in [-0.2, -0.15) is 4.31 Å². The largest absolute Gasteiger partial charge is 0.394 e. The van der Waals surface area contributed by atoms with E-state index < -0.39 is 27.0 Å². The molecular formula is C11H24N2O4S. The first-order valence-electron chi connectivity index (χ1n) is 6.24. The molecule has 0 spiro atoms. The van der Waals surface area contributed by atoms with Crippen molar-refractivity contribution >= 4 is 10.0 Å². The van der Waals surface area contributed by atoms with Gasteiger partial charge in [-0.05, 0) is 20.3 Å². The highest BCUT2D eigenvalue weighted by atomic mass is 32.2. The third-order valence-corrected chi connectivity index (χ3v) is 5.52. The summed E-state index contributed by atoms with van der Waals surface area (Å²) < 4.78 is 31.8. The molecular weight excluding hydrogens is 256 g/mol. The second kappa shape index (κ2) is 5.83. The van der Waals surface area contributed by atoms with Gasteiger partial charge < -0.3 is 15.6 Å². The maximum absolute atomic E-state index is 12.4. The molecule has 0 aromatic heterocycles. The number of ether oxygens (including phenoxy) is 1. The summed E-state index contributed by atoms with van der Waals surface area (Å²) >= 11 is 0. The van der Waals surface area contributed by atoms with Crippen molar-refractivity contribution in [2.75, 3.05) is 26.2 Å². The zero-order valence-electron chi connectivity index (χ0n) is 11.3. The molecule has 0 bridgehead atoms. The maximum Gasteiger partial charge on any atom is 0.218 e. The van der Waals surface area contributed by atoms with Crippen LogP contribution in [0, 0.1) is 0 Å². The van der Waals surface area contributed by atoms with Gasteiger partial charge in [0, 0.05) is 19.6 Å². The van der Waals surface area contributed by atoms with Gasteiger partial charge in [-0.25, -0.2) is 8.42 Å². The van der Waals surface area contributed by atoms with Crippen molar-refractivity contribution in [2.45, 2.75) is 44.1 Å². The van der Waals surface area contributed by atoms with Crippen LogP contribution in [-0.4, -0.2) is 61.0 Å². The zero-order chi connectivity index (χ0) is 14.0. The van der Waals surface area contributed by atoms with Crippen LogP contribution < -0.4 is 5.73 Å². The Balaban J connectivity index is 2.94. The average molecular weight is 280 g/mol. The van der Waals surface area contributed by atoms with Crippen molar-refractivity contribution in [1.82, 2.24) is 4.31 Å². The number of hydrogen-bond donors (Lipinski definition) is 2. The van der Waals surface area contributed by atoms with Crippen LogP contribution in [0.5, 0.6) is 0 Å². The van der Waals surface area contributed by atoms with Crippen LogP contribution in [0.4, 0.5) is 0 Å². The van der Waals surface area contributed by atoms with Crippen molar-refractivity contribution in [3.05, 3.63) is 0 Å². The first kappa shape index (κ1) is 15.8. The lowest BCUT2D eigenvalue weighted by Crippen LogP contribution is -2.57. The van der Waals surface area contributed by atoms with E-state index >= 15 is 0 Å². The number of aliphatic hydroxyl groups excluding tert-OH is 1. The molecule has 0 saturated carbocycles. The van der Waals surface area contributed by atoms with Gasteiger partial charge in [0.15, 0.2) is 0 Å². The molecule has 0 amide bonds. The van der Waals surface area contributed by atoms with E-state index in [0.29, 0.717) is 13.0 Å². The molecule has 0 aromatic rings. The van der Waals surface area contributed by atoms with Crippen LogP contribution in [0.3, 0.4) is 0 Å². The summed E-state index contributed by atoms with van der Waals surface area (Å²) in [6, 6.07) is 0. The summed E-state index contributed by atoms with van der Waals surface area (Å²) in [7, 11) is -3.42. The molecule has 1 heterocycles. The highest BCUT2D eigenvalue weighted by Gasteiger charge is 2.40. The zero-order valence-corrected chi connectivity index (χ0v) is 12.1. The molecule has 1 aliphatic heterocycles. The van der Waals surface area contributed by atoms with Crippen molar-refractivity contribution in [1.29, 1.82) is 0 Å².